The van der Waals surface area contributed by atoms with Crippen molar-refractivity contribution in [1.82, 2.24) is 15.1 Å². The number of hydrogen-bond acceptors (Lipinski definition) is 4. The molecule has 0 radical (unpaired) electrons. The molecule has 0 aliphatic carbocycles. The Kier molecular flexibility index (Phi) is 6.36. The number of rotatable bonds is 7. The molecule has 1 heterocycles. The zero-order chi connectivity index (χ0) is 20.3. The fourth-order valence-electron chi connectivity index (χ4n) is 3.04. The largest absolute Gasteiger partial charge is 0.348 e. The molecule has 146 valence electrons. The van der Waals surface area contributed by atoms with Gasteiger partial charge in [-0.05, 0) is 44.2 Å². The molecule has 1 fully saturated rings. The van der Waals surface area contributed by atoms with E-state index in [2.05, 4.69) is 19.2 Å². The molecule has 1 aromatic rings. The molecule has 1 saturated heterocycles. The maximum Gasteiger partial charge on any atom is 0.334 e. The van der Waals surface area contributed by atoms with Crippen LogP contribution >= 0.6 is 0 Å². The maximum atomic E-state index is 12.3. The van der Waals surface area contributed by atoms with E-state index in [9.17, 15) is 19.2 Å². The maximum absolute atomic E-state index is 12.3. The minimum Gasteiger partial charge on any atom is -0.348 e. The summed E-state index contributed by atoms with van der Waals surface area (Å²) in [5.41, 5.74) is 2.16. The summed E-state index contributed by atoms with van der Waals surface area (Å²) in [6, 6.07) is 6.51. The molecule has 1 aliphatic heterocycles. The first-order chi connectivity index (χ1) is 12.6. The van der Waals surface area contributed by atoms with Crippen LogP contribution in [0.4, 0.5) is 4.79 Å². The van der Waals surface area contributed by atoms with Crippen molar-refractivity contribution in [2.24, 2.45) is 5.92 Å². The third-order valence-corrected chi connectivity index (χ3v) is 4.40. The minimum absolute atomic E-state index is 0.282. The first-order valence-electron chi connectivity index (χ1n) is 9.19. The Bertz CT molecular complexity index is 740. The Morgan fingerprint density at radius 1 is 0.963 bits per heavy atom. The van der Waals surface area contributed by atoms with Crippen molar-refractivity contribution in [3.05, 3.63) is 35.4 Å². The highest BCUT2D eigenvalue weighted by Crippen LogP contribution is 2.17. The molecule has 0 saturated carbocycles. The summed E-state index contributed by atoms with van der Waals surface area (Å²) >= 11 is 0. The van der Waals surface area contributed by atoms with Gasteiger partial charge in [-0.1, -0.05) is 38.1 Å². The van der Waals surface area contributed by atoms with Gasteiger partial charge >= 0.3 is 17.8 Å². The van der Waals surface area contributed by atoms with Crippen LogP contribution in [0.15, 0.2) is 24.3 Å². The van der Waals surface area contributed by atoms with Crippen molar-refractivity contribution >= 4 is 23.8 Å². The monoisotopic (exact) mass is 373 g/mol. The molecule has 7 nitrogen and oxygen atoms in total. The molecule has 2 rings (SSSR count). The summed E-state index contributed by atoms with van der Waals surface area (Å²) < 4.78 is 0. The third kappa shape index (κ3) is 4.72. The Morgan fingerprint density at radius 2 is 1.56 bits per heavy atom. The highest BCUT2D eigenvalue weighted by Gasteiger charge is 2.46. The van der Waals surface area contributed by atoms with Crippen LogP contribution in [0.2, 0.25) is 0 Å². The molecule has 1 aromatic carbocycles. The lowest BCUT2D eigenvalue weighted by molar-refractivity contribution is -0.144. The van der Waals surface area contributed by atoms with Gasteiger partial charge in [0.25, 0.3) is 0 Å². The van der Waals surface area contributed by atoms with Crippen molar-refractivity contribution in [2.45, 2.75) is 53.1 Å². The number of nitrogens with zero attached hydrogens (tertiary/aromatic N) is 2. The number of amides is 5. The first kappa shape index (κ1) is 20.6. The molecule has 7 heteroatoms. The summed E-state index contributed by atoms with van der Waals surface area (Å²) in [5.74, 6) is -1.78. The van der Waals surface area contributed by atoms with Crippen molar-refractivity contribution in [2.75, 3.05) is 6.54 Å². The van der Waals surface area contributed by atoms with E-state index in [4.69, 9.17) is 0 Å². The first-order valence-corrected chi connectivity index (χ1v) is 9.19. The van der Waals surface area contributed by atoms with Crippen molar-refractivity contribution in [3.63, 3.8) is 0 Å². The molecule has 0 unspecified atom stereocenters. The van der Waals surface area contributed by atoms with Crippen LogP contribution in [0.25, 0.3) is 0 Å². The van der Waals surface area contributed by atoms with Crippen LogP contribution in [-0.2, 0) is 20.8 Å². The Hall–Kier alpha value is -2.70. The van der Waals surface area contributed by atoms with Gasteiger partial charge in [-0.25, -0.2) is 9.69 Å². The van der Waals surface area contributed by atoms with Gasteiger partial charge in [-0.15, -0.1) is 0 Å². The molecule has 0 bridgehead atoms. The molecule has 1 aliphatic rings. The van der Waals surface area contributed by atoms with Crippen molar-refractivity contribution < 1.29 is 19.2 Å². The zero-order valence-corrected chi connectivity index (χ0v) is 16.5. The van der Waals surface area contributed by atoms with E-state index in [1.807, 2.05) is 31.2 Å². The SMILES string of the molecule is CC(C)Cc1ccc([C@H](C)NC(=O)CN2C(=O)C(=O)N(C(C)C)C2=O)cc1. The summed E-state index contributed by atoms with van der Waals surface area (Å²) in [7, 11) is 0. The lowest BCUT2D eigenvalue weighted by Gasteiger charge is -2.19. The Labute approximate surface area is 159 Å². The molecular weight excluding hydrogens is 346 g/mol. The van der Waals surface area contributed by atoms with Crippen LogP contribution in [0.5, 0.6) is 0 Å². The van der Waals surface area contributed by atoms with E-state index >= 15 is 0 Å². The summed E-state index contributed by atoms with van der Waals surface area (Å²) in [4.78, 5) is 49.9. The Morgan fingerprint density at radius 3 is 2.04 bits per heavy atom. The quantitative estimate of drug-likeness (QED) is 0.587. The summed E-state index contributed by atoms with van der Waals surface area (Å²) in [5, 5.41) is 2.77. The minimum atomic E-state index is -0.963. The lowest BCUT2D eigenvalue weighted by atomic mass is 10.00. The summed E-state index contributed by atoms with van der Waals surface area (Å²) in [6.45, 7) is 8.94. The highest BCUT2D eigenvalue weighted by molar-refractivity contribution is 6.45. The van der Waals surface area contributed by atoms with E-state index in [-0.39, 0.29) is 6.04 Å². The van der Waals surface area contributed by atoms with Gasteiger partial charge in [0.1, 0.15) is 6.54 Å². The number of carbonyl (C=O) groups excluding carboxylic acids is 4. The van der Waals surface area contributed by atoms with Gasteiger partial charge in [0.15, 0.2) is 0 Å². The molecule has 1 N–H and O–H groups in total. The van der Waals surface area contributed by atoms with Crippen LogP contribution < -0.4 is 5.32 Å². The number of benzene rings is 1. The van der Waals surface area contributed by atoms with Crippen LogP contribution in [0.3, 0.4) is 0 Å². The number of carbonyl (C=O) groups is 4. The second kappa shape index (κ2) is 8.33. The number of hydrogen-bond donors (Lipinski definition) is 1. The van der Waals surface area contributed by atoms with Gasteiger partial charge < -0.3 is 5.32 Å². The molecule has 5 amide bonds. The fourth-order valence-corrected chi connectivity index (χ4v) is 3.04. The normalized spacial score (nSPS) is 15.9. The van der Waals surface area contributed by atoms with Crippen LogP contribution in [0, 0.1) is 5.92 Å². The number of imide groups is 2. The van der Waals surface area contributed by atoms with Crippen LogP contribution in [-0.4, -0.2) is 46.1 Å². The van der Waals surface area contributed by atoms with E-state index in [0.717, 1.165) is 16.9 Å². The van der Waals surface area contributed by atoms with E-state index in [1.165, 1.54) is 5.56 Å². The lowest BCUT2D eigenvalue weighted by Crippen LogP contribution is -2.43. The van der Waals surface area contributed by atoms with Gasteiger partial charge in [0.2, 0.25) is 5.91 Å². The highest BCUT2D eigenvalue weighted by atomic mass is 16.2. The smallest absolute Gasteiger partial charge is 0.334 e. The molecule has 0 aromatic heterocycles. The average Bonchev–Trinajstić information content (AvgIpc) is 2.78. The molecule has 0 spiro atoms. The predicted octanol–water partition coefficient (Wildman–Crippen LogP) is 2.26. The Balaban J connectivity index is 1.98. The topological polar surface area (TPSA) is 86.8 Å². The standard InChI is InChI=1S/C20H27N3O4/c1-12(2)10-15-6-8-16(9-7-15)14(5)21-17(24)11-22-18(25)19(26)23(13(3)4)20(22)27/h6-9,12-14H,10-11H2,1-5H3,(H,21,24)/t14-/m0/s1. The van der Waals surface area contributed by atoms with Crippen molar-refractivity contribution in [1.29, 1.82) is 0 Å². The van der Waals surface area contributed by atoms with Crippen molar-refractivity contribution in [3.8, 4) is 0 Å². The second-order valence-electron chi connectivity index (χ2n) is 7.57. The van der Waals surface area contributed by atoms with E-state index in [0.29, 0.717) is 10.8 Å². The average molecular weight is 373 g/mol. The third-order valence-electron chi connectivity index (χ3n) is 4.40. The van der Waals surface area contributed by atoms with Gasteiger partial charge in [0.05, 0.1) is 6.04 Å². The molecule has 27 heavy (non-hydrogen) atoms. The van der Waals surface area contributed by atoms with Crippen LogP contribution in [0.1, 0.15) is 51.8 Å². The number of nitrogens with one attached hydrogen (secondary N) is 1. The van der Waals surface area contributed by atoms with E-state index < -0.39 is 36.3 Å². The fraction of sp³-hybridized carbons (Fsp3) is 0.500. The van der Waals surface area contributed by atoms with E-state index in [1.54, 1.807) is 13.8 Å². The van der Waals surface area contributed by atoms with Gasteiger partial charge in [-0.3, -0.25) is 19.3 Å². The summed E-state index contributed by atoms with van der Waals surface area (Å²) in [6.07, 6.45) is 0.987. The van der Waals surface area contributed by atoms with Gasteiger partial charge in [-0.2, -0.15) is 0 Å². The second-order valence-corrected chi connectivity index (χ2v) is 7.57. The molecular formula is C20H27N3O4. The number of urea groups is 1. The zero-order valence-electron chi connectivity index (χ0n) is 16.5. The van der Waals surface area contributed by atoms with Gasteiger partial charge in [0, 0.05) is 6.04 Å². The predicted molar refractivity (Wildman–Crippen MR) is 101 cm³/mol. The molecule has 1 atom stereocenters.